The molecule has 0 saturated heterocycles. The Kier molecular flexibility index (Phi) is 2.50. The Hall–Kier alpha value is -2.33. The van der Waals surface area contributed by atoms with E-state index in [4.69, 9.17) is 8.83 Å². The highest BCUT2D eigenvalue weighted by atomic mass is 32.1. The minimum Gasteiger partial charge on any atom is -0.464 e. The number of nitrogens with zero attached hydrogens (tertiary/aromatic N) is 1. The van der Waals surface area contributed by atoms with Crippen molar-refractivity contribution in [3.8, 4) is 21.8 Å². The highest BCUT2D eigenvalue weighted by molar-refractivity contribution is 7.13. The quantitative estimate of drug-likeness (QED) is 0.511. The van der Waals surface area contributed by atoms with Crippen LogP contribution in [0.5, 0.6) is 0 Å². The van der Waals surface area contributed by atoms with Gasteiger partial charge in [0.05, 0.1) is 6.26 Å². The number of benzene rings is 1. The molecule has 98 valence electrons. The summed E-state index contributed by atoms with van der Waals surface area (Å²) in [5.74, 6) is 1.47. The average molecular weight is 281 g/mol. The molecule has 0 atom stereocenters. The average Bonchev–Trinajstić information content (AvgIpc) is 3.18. The Labute approximate surface area is 119 Å². The number of fused-ring (bicyclic) bond motifs is 1. The van der Waals surface area contributed by atoms with Crippen molar-refractivity contribution in [2.45, 2.75) is 6.92 Å². The predicted molar refractivity (Wildman–Crippen MR) is 79.8 cm³/mol. The largest absolute Gasteiger partial charge is 0.464 e. The third-order valence-electron chi connectivity index (χ3n) is 3.19. The zero-order chi connectivity index (χ0) is 13.5. The second kappa shape index (κ2) is 4.35. The van der Waals surface area contributed by atoms with E-state index < -0.39 is 0 Å². The molecule has 0 N–H and O–H groups in total. The maximum Gasteiger partial charge on any atom is 0.192 e. The number of rotatable bonds is 2. The number of furan rings is 1. The van der Waals surface area contributed by atoms with E-state index in [0.717, 1.165) is 28.0 Å². The van der Waals surface area contributed by atoms with E-state index in [1.807, 2.05) is 31.2 Å². The van der Waals surface area contributed by atoms with Gasteiger partial charge < -0.3 is 8.83 Å². The fourth-order valence-corrected chi connectivity index (χ4v) is 3.06. The summed E-state index contributed by atoms with van der Waals surface area (Å²) in [6, 6.07) is 12.1. The van der Waals surface area contributed by atoms with Gasteiger partial charge in [-0.1, -0.05) is 6.07 Å². The van der Waals surface area contributed by atoms with E-state index >= 15 is 0 Å². The highest BCUT2D eigenvalue weighted by Crippen LogP contribution is 2.35. The molecule has 1 aromatic carbocycles. The van der Waals surface area contributed by atoms with Crippen molar-refractivity contribution in [2.24, 2.45) is 0 Å². The number of hydrogen-bond acceptors (Lipinski definition) is 4. The van der Waals surface area contributed by atoms with Gasteiger partial charge in [0.25, 0.3) is 0 Å². The second-order valence-corrected chi connectivity index (χ2v) is 5.51. The Bertz CT molecular complexity index is 858. The van der Waals surface area contributed by atoms with Gasteiger partial charge in [-0.15, -0.1) is 11.3 Å². The first-order valence-electron chi connectivity index (χ1n) is 6.30. The monoisotopic (exact) mass is 281 g/mol. The third kappa shape index (κ3) is 1.77. The van der Waals surface area contributed by atoms with Crippen molar-refractivity contribution < 1.29 is 8.83 Å². The highest BCUT2D eigenvalue weighted by Gasteiger charge is 2.14. The van der Waals surface area contributed by atoms with Gasteiger partial charge in [-0.05, 0) is 41.3 Å². The number of oxazole rings is 1. The molecule has 0 aliphatic carbocycles. The summed E-state index contributed by atoms with van der Waals surface area (Å²) in [6.07, 6.45) is 1.67. The molecular weight excluding hydrogens is 270 g/mol. The lowest BCUT2D eigenvalue weighted by molar-refractivity contribution is 0.561. The molecule has 0 amide bonds. The first kappa shape index (κ1) is 11.5. The first-order chi connectivity index (χ1) is 9.81. The molecule has 3 heterocycles. The van der Waals surface area contributed by atoms with E-state index in [9.17, 15) is 0 Å². The number of hydrogen-bond donors (Lipinski definition) is 0. The molecule has 20 heavy (non-hydrogen) atoms. The minimum atomic E-state index is 0.663. The van der Waals surface area contributed by atoms with E-state index in [1.54, 1.807) is 17.6 Å². The fourth-order valence-electron chi connectivity index (χ4n) is 2.35. The van der Waals surface area contributed by atoms with Crippen LogP contribution in [0.3, 0.4) is 0 Å². The summed E-state index contributed by atoms with van der Waals surface area (Å²) in [5, 5.41) is 2.07. The van der Waals surface area contributed by atoms with E-state index in [-0.39, 0.29) is 0 Å². The van der Waals surface area contributed by atoms with Crippen LogP contribution in [0.4, 0.5) is 0 Å². The summed E-state index contributed by atoms with van der Waals surface area (Å²) in [4.78, 5) is 5.67. The Balaban J connectivity index is 2.04. The molecule has 0 fully saturated rings. The fraction of sp³-hybridized carbons (Fsp3) is 0.0625. The molecule has 0 aliphatic rings. The maximum absolute atomic E-state index is 5.70. The lowest BCUT2D eigenvalue weighted by atomic mass is 10.1. The van der Waals surface area contributed by atoms with Crippen molar-refractivity contribution in [1.29, 1.82) is 0 Å². The van der Waals surface area contributed by atoms with Crippen LogP contribution in [-0.2, 0) is 0 Å². The SMILES string of the molecule is Cc1nc2c(-c3ccco3)cc(-c3cccs3)cc2o1. The van der Waals surface area contributed by atoms with Crippen LogP contribution in [0.25, 0.3) is 32.9 Å². The van der Waals surface area contributed by atoms with Crippen LogP contribution in [-0.4, -0.2) is 4.98 Å². The van der Waals surface area contributed by atoms with Crippen LogP contribution in [0.1, 0.15) is 5.89 Å². The van der Waals surface area contributed by atoms with Crippen LogP contribution in [0.2, 0.25) is 0 Å². The normalized spacial score (nSPS) is 11.2. The van der Waals surface area contributed by atoms with E-state index in [1.165, 1.54) is 4.88 Å². The number of thiophene rings is 1. The molecule has 0 saturated carbocycles. The molecule has 0 aliphatic heterocycles. The van der Waals surface area contributed by atoms with Crippen molar-refractivity contribution >= 4 is 22.4 Å². The summed E-state index contributed by atoms with van der Waals surface area (Å²) in [6.45, 7) is 1.86. The Morgan fingerprint density at radius 3 is 2.85 bits per heavy atom. The first-order valence-corrected chi connectivity index (χ1v) is 7.18. The smallest absolute Gasteiger partial charge is 0.192 e. The summed E-state index contributed by atoms with van der Waals surface area (Å²) in [7, 11) is 0. The van der Waals surface area contributed by atoms with Gasteiger partial charge in [0, 0.05) is 17.4 Å². The van der Waals surface area contributed by atoms with Crippen LogP contribution in [0, 0.1) is 6.92 Å². The van der Waals surface area contributed by atoms with Crippen molar-refractivity contribution in [3.05, 3.63) is 53.9 Å². The Morgan fingerprint density at radius 1 is 1.15 bits per heavy atom. The van der Waals surface area contributed by atoms with Gasteiger partial charge in [-0.2, -0.15) is 0 Å². The van der Waals surface area contributed by atoms with Gasteiger partial charge in [0.15, 0.2) is 11.5 Å². The lowest BCUT2D eigenvalue weighted by Gasteiger charge is -2.02. The van der Waals surface area contributed by atoms with Gasteiger partial charge in [0.1, 0.15) is 11.3 Å². The minimum absolute atomic E-state index is 0.663. The molecule has 3 aromatic heterocycles. The molecule has 0 bridgehead atoms. The van der Waals surface area contributed by atoms with Gasteiger partial charge in [-0.3, -0.25) is 0 Å². The van der Waals surface area contributed by atoms with E-state index in [2.05, 4.69) is 22.5 Å². The standard InChI is InChI=1S/C16H11NO2S/c1-10-17-16-12(13-4-2-6-18-13)8-11(9-14(16)19-10)15-5-3-7-20-15/h2-9H,1H3. The molecule has 4 heteroatoms. The summed E-state index contributed by atoms with van der Waals surface area (Å²) >= 11 is 1.70. The Morgan fingerprint density at radius 2 is 2.10 bits per heavy atom. The molecule has 0 unspecified atom stereocenters. The van der Waals surface area contributed by atoms with Crippen molar-refractivity contribution in [3.63, 3.8) is 0 Å². The van der Waals surface area contributed by atoms with Crippen molar-refractivity contribution in [2.75, 3.05) is 0 Å². The molecular formula is C16H11NO2S. The van der Waals surface area contributed by atoms with Crippen LogP contribution >= 0.6 is 11.3 Å². The van der Waals surface area contributed by atoms with E-state index in [0.29, 0.717) is 5.89 Å². The molecule has 0 spiro atoms. The zero-order valence-electron chi connectivity index (χ0n) is 10.8. The molecule has 4 aromatic rings. The van der Waals surface area contributed by atoms with Crippen LogP contribution in [0.15, 0.2) is 56.9 Å². The van der Waals surface area contributed by atoms with Gasteiger partial charge in [-0.25, -0.2) is 4.98 Å². The number of aryl methyl sites for hydroxylation is 1. The van der Waals surface area contributed by atoms with Gasteiger partial charge >= 0.3 is 0 Å². The zero-order valence-corrected chi connectivity index (χ0v) is 11.6. The predicted octanol–water partition coefficient (Wildman–Crippen LogP) is 5.12. The van der Waals surface area contributed by atoms with Gasteiger partial charge in [0.2, 0.25) is 0 Å². The lowest BCUT2D eigenvalue weighted by Crippen LogP contribution is -1.81. The second-order valence-electron chi connectivity index (χ2n) is 4.56. The summed E-state index contributed by atoms with van der Waals surface area (Å²) in [5.41, 5.74) is 3.72. The number of aromatic nitrogens is 1. The van der Waals surface area contributed by atoms with Crippen molar-refractivity contribution in [1.82, 2.24) is 4.98 Å². The van der Waals surface area contributed by atoms with Crippen LogP contribution < -0.4 is 0 Å². The molecule has 4 rings (SSSR count). The maximum atomic E-state index is 5.70. The summed E-state index contributed by atoms with van der Waals surface area (Å²) < 4.78 is 11.2. The molecule has 0 radical (unpaired) electrons. The third-order valence-corrected chi connectivity index (χ3v) is 4.11. The molecule has 3 nitrogen and oxygen atoms in total. The topological polar surface area (TPSA) is 39.2 Å².